The number of benzene rings is 3. The van der Waals surface area contributed by atoms with E-state index in [-0.39, 0.29) is 36.8 Å². The molecule has 0 saturated heterocycles. The van der Waals surface area contributed by atoms with Crippen molar-refractivity contribution in [2.24, 2.45) is 0 Å². The number of rotatable bonds is 10. The van der Waals surface area contributed by atoms with Gasteiger partial charge in [-0.05, 0) is 60.4 Å². The van der Waals surface area contributed by atoms with Crippen molar-refractivity contribution in [3.63, 3.8) is 0 Å². The molecule has 0 aliphatic heterocycles. The lowest BCUT2D eigenvalue weighted by atomic mass is 9.94. The van der Waals surface area contributed by atoms with E-state index >= 15 is 0 Å². The zero-order valence-electron chi connectivity index (χ0n) is 20.7. The van der Waals surface area contributed by atoms with Crippen molar-refractivity contribution in [3.05, 3.63) is 100 Å². The van der Waals surface area contributed by atoms with Gasteiger partial charge < -0.3 is 15.0 Å². The summed E-state index contributed by atoms with van der Waals surface area (Å²) in [4.78, 5) is 29.0. The number of carbonyl (C=O) groups excluding carboxylic acids is 2. The van der Waals surface area contributed by atoms with Crippen LogP contribution in [0.15, 0.2) is 83.3 Å². The van der Waals surface area contributed by atoms with Gasteiger partial charge in [-0.15, -0.1) is 0 Å². The summed E-state index contributed by atoms with van der Waals surface area (Å²) in [5.74, 6) is -0.453. The molecule has 1 atom stereocenters. The standard InChI is InChI=1S/C30H32BrFN2O3/c31-24-11-7-10-23(18-24)20-34(29(35)21-37-27-16-14-25(32)15-17-27)28(19-22-8-3-1-4-9-22)30(36)33-26-12-5-2-6-13-26/h1,3-4,7-11,14-18,26,28H,2,5-6,12-13,19-21H2,(H,33,36)/t28-/m1/s1. The predicted octanol–water partition coefficient (Wildman–Crippen LogP) is 6.06. The van der Waals surface area contributed by atoms with Gasteiger partial charge in [0, 0.05) is 23.5 Å². The Labute approximate surface area is 226 Å². The molecule has 1 N–H and O–H groups in total. The zero-order valence-corrected chi connectivity index (χ0v) is 22.3. The number of amides is 2. The molecule has 3 aromatic carbocycles. The van der Waals surface area contributed by atoms with Crippen LogP contribution in [0.3, 0.4) is 0 Å². The van der Waals surface area contributed by atoms with Gasteiger partial charge >= 0.3 is 0 Å². The normalized spacial score (nSPS) is 14.5. The molecule has 3 aromatic rings. The number of hydrogen-bond acceptors (Lipinski definition) is 3. The maximum Gasteiger partial charge on any atom is 0.261 e. The Balaban J connectivity index is 1.60. The largest absolute Gasteiger partial charge is 0.484 e. The van der Waals surface area contributed by atoms with Crippen LogP contribution >= 0.6 is 15.9 Å². The highest BCUT2D eigenvalue weighted by Gasteiger charge is 2.32. The van der Waals surface area contributed by atoms with E-state index < -0.39 is 6.04 Å². The molecule has 1 fully saturated rings. The lowest BCUT2D eigenvalue weighted by Crippen LogP contribution is -2.53. The third-order valence-electron chi connectivity index (χ3n) is 6.64. The maximum absolute atomic E-state index is 13.7. The van der Waals surface area contributed by atoms with Gasteiger partial charge in [-0.3, -0.25) is 9.59 Å². The van der Waals surface area contributed by atoms with Gasteiger partial charge in [-0.25, -0.2) is 4.39 Å². The van der Waals surface area contributed by atoms with Gasteiger partial charge in [-0.1, -0.05) is 77.7 Å². The summed E-state index contributed by atoms with van der Waals surface area (Å²) in [5, 5.41) is 3.23. The lowest BCUT2D eigenvalue weighted by molar-refractivity contribution is -0.143. The molecule has 7 heteroatoms. The van der Waals surface area contributed by atoms with Crippen LogP contribution in [0.5, 0.6) is 5.75 Å². The SMILES string of the molecule is O=C(NC1CCCCC1)[C@@H](Cc1ccccc1)N(Cc1cccc(Br)c1)C(=O)COc1ccc(F)cc1. The lowest BCUT2D eigenvalue weighted by Gasteiger charge is -2.33. The van der Waals surface area contributed by atoms with Crippen LogP contribution in [0, 0.1) is 5.82 Å². The first-order valence-electron chi connectivity index (χ1n) is 12.7. The molecule has 0 radical (unpaired) electrons. The molecule has 4 rings (SSSR count). The first kappa shape index (κ1) is 26.9. The Bertz CT molecular complexity index is 1170. The monoisotopic (exact) mass is 566 g/mol. The predicted molar refractivity (Wildman–Crippen MR) is 146 cm³/mol. The number of carbonyl (C=O) groups is 2. The first-order chi connectivity index (χ1) is 18.0. The Morgan fingerprint density at radius 3 is 2.35 bits per heavy atom. The van der Waals surface area contributed by atoms with Gasteiger partial charge in [0.1, 0.15) is 17.6 Å². The number of halogens is 2. The fourth-order valence-electron chi connectivity index (χ4n) is 4.69. The molecule has 0 aromatic heterocycles. The Morgan fingerprint density at radius 1 is 0.946 bits per heavy atom. The summed E-state index contributed by atoms with van der Waals surface area (Å²) in [6, 6.07) is 22.4. The van der Waals surface area contributed by atoms with Crippen molar-refractivity contribution in [2.45, 2.75) is 57.2 Å². The molecule has 0 bridgehead atoms. The fourth-order valence-corrected chi connectivity index (χ4v) is 5.14. The molecule has 0 unspecified atom stereocenters. The quantitative estimate of drug-likeness (QED) is 0.324. The van der Waals surface area contributed by atoms with E-state index in [1.54, 1.807) is 4.90 Å². The average Bonchev–Trinajstić information content (AvgIpc) is 2.91. The third kappa shape index (κ3) is 8.15. The van der Waals surface area contributed by atoms with Gasteiger partial charge in [0.15, 0.2) is 6.61 Å². The van der Waals surface area contributed by atoms with Crippen molar-refractivity contribution < 1.29 is 18.7 Å². The van der Waals surface area contributed by atoms with Crippen molar-refractivity contribution in [2.75, 3.05) is 6.61 Å². The molecule has 0 heterocycles. The van der Waals surface area contributed by atoms with E-state index in [2.05, 4.69) is 21.2 Å². The zero-order chi connectivity index (χ0) is 26.0. The third-order valence-corrected chi connectivity index (χ3v) is 7.13. The van der Waals surface area contributed by atoms with Crippen LogP contribution in [0.2, 0.25) is 0 Å². The molecule has 37 heavy (non-hydrogen) atoms. The number of ether oxygens (including phenoxy) is 1. The van der Waals surface area contributed by atoms with Gasteiger partial charge in [0.05, 0.1) is 0 Å². The summed E-state index contributed by atoms with van der Waals surface area (Å²) in [6.07, 6.45) is 5.68. The van der Waals surface area contributed by atoms with E-state index in [9.17, 15) is 14.0 Å². The summed E-state index contributed by atoms with van der Waals surface area (Å²) >= 11 is 3.50. The summed E-state index contributed by atoms with van der Waals surface area (Å²) in [7, 11) is 0. The van der Waals surface area contributed by atoms with Gasteiger partial charge in [0.2, 0.25) is 5.91 Å². The second-order valence-electron chi connectivity index (χ2n) is 9.44. The minimum atomic E-state index is -0.715. The second kappa shape index (κ2) is 13.4. The minimum Gasteiger partial charge on any atom is -0.484 e. The number of nitrogens with zero attached hydrogens (tertiary/aromatic N) is 1. The van der Waals surface area contributed by atoms with Crippen LogP contribution in [-0.4, -0.2) is 35.4 Å². The second-order valence-corrected chi connectivity index (χ2v) is 10.4. The molecule has 0 spiro atoms. The van der Waals surface area contributed by atoms with E-state index in [0.717, 1.165) is 41.3 Å². The van der Waals surface area contributed by atoms with Crippen molar-refractivity contribution in [3.8, 4) is 5.75 Å². The summed E-state index contributed by atoms with van der Waals surface area (Å²) in [6.45, 7) is -0.0116. The molecule has 1 aliphatic rings. The highest BCUT2D eigenvalue weighted by Crippen LogP contribution is 2.21. The summed E-state index contributed by atoms with van der Waals surface area (Å²) < 4.78 is 19.9. The van der Waals surface area contributed by atoms with Crippen LogP contribution in [0.4, 0.5) is 4.39 Å². The van der Waals surface area contributed by atoms with E-state index in [1.165, 1.54) is 30.7 Å². The fraction of sp³-hybridized carbons (Fsp3) is 0.333. The highest BCUT2D eigenvalue weighted by atomic mass is 79.9. The molecular weight excluding hydrogens is 535 g/mol. The minimum absolute atomic E-state index is 0.123. The van der Waals surface area contributed by atoms with Crippen LogP contribution in [0.1, 0.15) is 43.2 Å². The van der Waals surface area contributed by atoms with Crippen molar-refractivity contribution >= 4 is 27.7 Å². The van der Waals surface area contributed by atoms with Gasteiger partial charge in [-0.2, -0.15) is 0 Å². The molecule has 2 amide bonds. The van der Waals surface area contributed by atoms with Crippen LogP contribution in [-0.2, 0) is 22.6 Å². The van der Waals surface area contributed by atoms with E-state index in [0.29, 0.717) is 12.2 Å². The number of nitrogens with one attached hydrogen (secondary N) is 1. The van der Waals surface area contributed by atoms with Gasteiger partial charge in [0.25, 0.3) is 5.91 Å². The van der Waals surface area contributed by atoms with E-state index in [1.807, 2.05) is 54.6 Å². The molecule has 1 aliphatic carbocycles. The summed E-state index contributed by atoms with van der Waals surface area (Å²) in [5.41, 5.74) is 1.87. The molecular formula is C30H32BrFN2O3. The smallest absolute Gasteiger partial charge is 0.261 e. The van der Waals surface area contributed by atoms with Crippen molar-refractivity contribution in [1.82, 2.24) is 10.2 Å². The molecule has 1 saturated carbocycles. The first-order valence-corrected chi connectivity index (χ1v) is 13.5. The van der Waals surface area contributed by atoms with Crippen LogP contribution in [0.25, 0.3) is 0 Å². The van der Waals surface area contributed by atoms with E-state index in [4.69, 9.17) is 4.74 Å². The highest BCUT2D eigenvalue weighted by molar-refractivity contribution is 9.10. The Kier molecular flexibility index (Phi) is 9.71. The Morgan fingerprint density at radius 2 is 1.65 bits per heavy atom. The topological polar surface area (TPSA) is 58.6 Å². The Hall–Kier alpha value is -3.19. The molecule has 5 nitrogen and oxygen atoms in total. The average molecular weight is 567 g/mol. The maximum atomic E-state index is 13.7. The van der Waals surface area contributed by atoms with Crippen LogP contribution < -0.4 is 10.1 Å². The molecule has 194 valence electrons. The number of hydrogen-bond donors (Lipinski definition) is 1. The van der Waals surface area contributed by atoms with Crippen molar-refractivity contribution in [1.29, 1.82) is 0 Å².